The number of aliphatic carboxylic acids is 2. The molecular formula is C13H15NO6. The van der Waals surface area contributed by atoms with Crippen LogP contribution in [0.25, 0.3) is 0 Å². The Kier molecular flexibility index (Phi) is 6.02. The predicted octanol–water partition coefficient (Wildman–Crippen LogP) is 1.34. The van der Waals surface area contributed by atoms with E-state index in [1.807, 2.05) is 0 Å². The quantitative estimate of drug-likeness (QED) is 0.662. The fourth-order valence-electron chi connectivity index (χ4n) is 1.40. The molecule has 0 aliphatic rings. The van der Waals surface area contributed by atoms with Crippen molar-refractivity contribution in [2.24, 2.45) is 0 Å². The number of benzene rings is 1. The lowest BCUT2D eigenvalue weighted by Gasteiger charge is -2.06. The van der Waals surface area contributed by atoms with Crippen LogP contribution in [0, 0.1) is 0 Å². The Hall–Kier alpha value is -2.57. The smallest absolute Gasteiger partial charge is 0.341 e. The van der Waals surface area contributed by atoms with Gasteiger partial charge in [-0.1, -0.05) is 0 Å². The summed E-state index contributed by atoms with van der Waals surface area (Å²) in [7, 11) is 0. The van der Waals surface area contributed by atoms with E-state index in [0.29, 0.717) is 11.4 Å². The highest BCUT2D eigenvalue weighted by Crippen LogP contribution is 2.16. The number of hydrogen-bond donors (Lipinski definition) is 3. The molecule has 1 rings (SSSR count). The first-order valence-corrected chi connectivity index (χ1v) is 5.93. The number of amides is 1. The van der Waals surface area contributed by atoms with Gasteiger partial charge in [0.15, 0.2) is 6.61 Å². The normalized spacial score (nSPS) is 9.80. The van der Waals surface area contributed by atoms with Crippen molar-refractivity contribution in [3.8, 4) is 5.75 Å². The topological polar surface area (TPSA) is 113 Å². The summed E-state index contributed by atoms with van der Waals surface area (Å²) >= 11 is 0. The summed E-state index contributed by atoms with van der Waals surface area (Å²) in [4.78, 5) is 32.1. The molecule has 1 aromatic carbocycles. The van der Waals surface area contributed by atoms with Crippen LogP contribution in [-0.4, -0.2) is 34.7 Å². The van der Waals surface area contributed by atoms with Crippen molar-refractivity contribution in [1.82, 2.24) is 0 Å². The lowest BCUT2D eigenvalue weighted by molar-refractivity contribution is -0.139. The molecule has 3 N–H and O–H groups in total. The minimum atomic E-state index is -1.07. The fourth-order valence-corrected chi connectivity index (χ4v) is 1.40. The number of rotatable bonds is 8. The Labute approximate surface area is 115 Å². The van der Waals surface area contributed by atoms with Crippen LogP contribution in [0.15, 0.2) is 24.3 Å². The number of hydrogen-bond acceptors (Lipinski definition) is 4. The lowest BCUT2D eigenvalue weighted by Crippen LogP contribution is -2.12. The summed E-state index contributed by atoms with van der Waals surface area (Å²) in [6, 6.07) is 6.23. The number of carbonyl (C=O) groups excluding carboxylic acids is 1. The Morgan fingerprint density at radius 2 is 1.65 bits per heavy atom. The third-order valence-electron chi connectivity index (χ3n) is 2.29. The maximum absolute atomic E-state index is 11.5. The van der Waals surface area contributed by atoms with Gasteiger partial charge in [-0.05, 0) is 30.7 Å². The molecule has 0 aliphatic heterocycles. The molecule has 0 saturated carbocycles. The summed E-state index contributed by atoms with van der Waals surface area (Å²) in [5.41, 5.74) is 0.535. The summed E-state index contributed by atoms with van der Waals surface area (Å²) in [5.74, 6) is -1.89. The number of anilines is 1. The first-order chi connectivity index (χ1) is 9.47. The Morgan fingerprint density at radius 1 is 1.00 bits per heavy atom. The van der Waals surface area contributed by atoms with Gasteiger partial charge in [0.1, 0.15) is 5.75 Å². The molecule has 0 heterocycles. The summed E-state index contributed by atoms with van der Waals surface area (Å²) in [5, 5.41) is 19.5. The third-order valence-corrected chi connectivity index (χ3v) is 2.29. The van der Waals surface area contributed by atoms with Gasteiger partial charge in [0, 0.05) is 18.5 Å². The van der Waals surface area contributed by atoms with Crippen LogP contribution >= 0.6 is 0 Å². The van der Waals surface area contributed by atoms with Gasteiger partial charge in [0.05, 0.1) is 0 Å². The summed E-state index contributed by atoms with van der Waals surface area (Å²) in [6.45, 7) is -0.430. The number of carbonyl (C=O) groups is 3. The van der Waals surface area contributed by atoms with E-state index in [1.165, 1.54) is 12.1 Å². The number of carboxylic acid groups (broad SMARTS) is 2. The molecule has 0 atom stereocenters. The largest absolute Gasteiger partial charge is 0.482 e. The van der Waals surface area contributed by atoms with E-state index in [9.17, 15) is 14.4 Å². The number of carboxylic acids is 2. The third kappa shape index (κ3) is 6.39. The fraction of sp³-hybridized carbons (Fsp3) is 0.308. The van der Waals surface area contributed by atoms with Crippen molar-refractivity contribution < 1.29 is 29.3 Å². The van der Waals surface area contributed by atoms with E-state index >= 15 is 0 Å². The minimum Gasteiger partial charge on any atom is -0.482 e. The molecular weight excluding hydrogens is 266 g/mol. The van der Waals surface area contributed by atoms with E-state index in [1.54, 1.807) is 12.1 Å². The van der Waals surface area contributed by atoms with Crippen LogP contribution in [-0.2, 0) is 14.4 Å². The Bertz CT molecular complexity index is 482. The van der Waals surface area contributed by atoms with Gasteiger partial charge in [0.25, 0.3) is 0 Å². The van der Waals surface area contributed by atoms with Gasteiger partial charge >= 0.3 is 11.9 Å². The second-order valence-electron chi connectivity index (χ2n) is 4.00. The Morgan fingerprint density at radius 3 is 2.20 bits per heavy atom. The molecule has 0 unspecified atom stereocenters. The van der Waals surface area contributed by atoms with Gasteiger partial charge in [-0.25, -0.2) is 4.79 Å². The summed E-state index contributed by atoms with van der Waals surface area (Å²) in [6.07, 6.45) is 0.361. The monoisotopic (exact) mass is 281 g/mol. The van der Waals surface area contributed by atoms with Gasteiger partial charge in [-0.15, -0.1) is 0 Å². The standard InChI is InChI=1S/C13H15NO6/c15-11(2-1-3-12(16)17)14-9-4-6-10(7-5-9)20-8-13(18)19/h4-7H,1-3,8H2,(H,14,15)(H,16,17)(H,18,19). The van der Waals surface area contributed by atoms with Crippen molar-refractivity contribution in [1.29, 1.82) is 0 Å². The van der Waals surface area contributed by atoms with Gasteiger partial charge in [-0.3, -0.25) is 9.59 Å². The SMILES string of the molecule is O=C(O)CCCC(=O)Nc1ccc(OCC(=O)O)cc1. The highest BCUT2D eigenvalue weighted by Gasteiger charge is 2.05. The predicted molar refractivity (Wildman–Crippen MR) is 69.7 cm³/mol. The molecule has 0 aromatic heterocycles. The molecule has 7 heteroatoms. The van der Waals surface area contributed by atoms with E-state index in [2.05, 4.69) is 5.32 Å². The molecule has 0 saturated heterocycles. The lowest BCUT2D eigenvalue weighted by atomic mass is 10.2. The van der Waals surface area contributed by atoms with Crippen molar-refractivity contribution >= 4 is 23.5 Å². The van der Waals surface area contributed by atoms with E-state index < -0.39 is 18.5 Å². The van der Waals surface area contributed by atoms with Gasteiger partial charge in [0.2, 0.25) is 5.91 Å². The van der Waals surface area contributed by atoms with Crippen LogP contribution in [0.1, 0.15) is 19.3 Å². The molecule has 108 valence electrons. The molecule has 7 nitrogen and oxygen atoms in total. The molecule has 0 spiro atoms. The average Bonchev–Trinajstić information content (AvgIpc) is 2.37. The summed E-state index contributed by atoms with van der Waals surface area (Å²) < 4.78 is 4.94. The van der Waals surface area contributed by atoms with Crippen LogP contribution in [0.4, 0.5) is 5.69 Å². The van der Waals surface area contributed by atoms with Crippen molar-refractivity contribution in [2.45, 2.75) is 19.3 Å². The molecule has 0 bridgehead atoms. The van der Waals surface area contributed by atoms with E-state index in [0.717, 1.165) is 0 Å². The minimum absolute atomic E-state index is 0.0462. The zero-order valence-corrected chi connectivity index (χ0v) is 10.7. The molecule has 0 radical (unpaired) electrons. The maximum atomic E-state index is 11.5. The van der Waals surface area contributed by atoms with Crippen LogP contribution < -0.4 is 10.1 Å². The molecule has 0 fully saturated rings. The van der Waals surface area contributed by atoms with Crippen molar-refractivity contribution in [3.63, 3.8) is 0 Å². The zero-order chi connectivity index (χ0) is 15.0. The number of nitrogens with one attached hydrogen (secondary N) is 1. The average molecular weight is 281 g/mol. The molecule has 0 aliphatic carbocycles. The zero-order valence-electron chi connectivity index (χ0n) is 10.7. The second kappa shape index (κ2) is 7.78. The van der Waals surface area contributed by atoms with Crippen LogP contribution in [0.5, 0.6) is 5.75 Å². The number of ether oxygens (including phenoxy) is 1. The Balaban J connectivity index is 2.38. The maximum Gasteiger partial charge on any atom is 0.341 e. The van der Waals surface area contributed by atoms with Crippen LogP contribution in [0.3, 0.4) is 0 Å². The van der Waals surface area contributed by atoms with Gasteiger partial charge in [-0.2, -0.15) is 0 Å². The highest BCUT2D eigenvalue weighted by atomic mass is 16.5. The van der Waals surface area contributed by atoms with Crippen molar-refractivity contribution in [2.75, 3.05) is 11.9 Å². The molecule has 1 aromatic rings. The highest BCUT2D eigenvalue weighted by molar-refractivity contribution is 5.90. The first-order valence-electron chi connectivity index (χ1n) is 5.93. The molecule has 20 heavy (non-hydrogen) atoms. The van der Waals surface area contributed by atoms with E-state index in [4.69, 9.17) is 14.9 Å². The van der Waals surface area contributed by atoms with Crippen molar-refractivity contribution in [3.05, 3.63) is 24.3 Å². The van der Waals surface area contributed by atoms with Crippen LogP contribution in [0.2, 0.25) is 0 Å². The first kappa shape index (κ1) is 15.5. The second-order valence-corrected chi connectivity index (χ2v) is 4.00. The van der Waals surface area contributed by atoms with Gasteiger partial charge < -0.3 is 20.3 Å². The van der Waals surface area contributed by atoms with E-state index in [-0.39, 0.29) is 25.2 Å². The molecule has 1 amide bonds.